The summed E-state index contributed by atoms with van der Waals surface area (Å²) in [4.78, 5) is 24.3. The van der Waals surface area contributed by atoms with Crippen LogP contribution in [0.5, 0.6) is 0 Å². The second-order valence-corrected chi connectivity index (χ2v) is 6.26. The lowest BCUT2D eigenvalue weighted by molar-refractivity contribution is -0.117. The standard InChI is InChI=1S/C13H11FN2O5S/c1-21-13(18)8-2-3-11(9(4-8)6-15)16-7-10(5-12(16)17)22(14,19)20/h2-4,10H,5,7H2,1H3. The van der Waals surface area contributed by atoms with E-state index in [9.17, 15) is 21.9 Å². The number of benzene rings is 1. The van der Waals surface area contributed by atoms with Gasteiger partial charge in [-0.1, -0.05) is 0 Å². The van der Waals surface area contributed by atoms with Gasteiger partial charge in [0, 0.05) is 13.0 Å². The highest BCUT2D eigenvalue weighted by Gasteiger charge is 2.39. The first-order valence-corrected chi connectivity index (χ1v) is 7.59. The van der Waals surface area contributed by atoms with Crippen LogP contribution in [0.25, 0.3) is 0 Å². The maximum absolute atomic E-state index is 13.0. The normalized spacial score (nSPS) is 18.1. The Morgan fingerprint density at radius 1 is 1.50 bits per heavy atom. The van der Waals surface area contributed by atoms with Crippen LogP contribution in [0.1, 0.15) is 22.3 Å². The third-order valence-electron chi connectivity index (χ3n) is 3.32. The van der Waals surface area contributed by atoms with E-state index >= 15 is 0 Å². The van der Waals surface area contributed by atoms with E-state index in [1.165, 1.54) is 25.3 Å². The van der Waals surface area contributed by atoms with E-state index in [0.717, 1.165) is 4.90 Å². The average Bonchev–Trinajstić information content (AvgIpc) is 2.87. The van der Waals surface area contributed by atoms with E-state index in [1.807, 2.05) is 6.07 Å². The number of methoxy groups -OCH3 is 1. The molecule has 1 atom stereocenters. The number of carbonyl (C=O) groups is 2. The molecular weight excluding hydrogens is 315 g/mol. The molecule has 1 aliphatic rings. The van der Waals surface area contributed by atoms with Crippen LogP contribution < -0.4 is 4.90 Å². The van der Waals surface area contributed by atoms with Crippen molar-refractivity contribution in [1.82, 2.24) is 0 Å². The summed E-state index contributed by atoms with van der Waals surface area (Å²) in [5.41, 5.74) is 0.239. The number of esters is 1. The van der Waals surface area contributed by atoms with Gasteiger partial charge in [0.05, 0.1) is 23.9 Å². The largest absolute Gasteiger partial charge is 0.465 e. The summed E-state index contributed by atoms with van der Waals surface area (Å²) >= 11 is 0. The molecule has 0 bridgehead atoms. The minimum atomic E-state index is -4.84. The lowest BCUT2D eigenvalue weighted by atomic mass is 10.1. The molecule has 0 spiro atoms. The number of ether oxygens (including phenoxy) is 1. The highest BCUT2D eigenvalue weighted by Crippen LogP contribution is 2.29. The SMILES string of the molecule is COC(=O)c1ccc(N2CC(S(=O)(=O)F)CC2=O)c(C#N)c1. The maximum atomic E-state index is 13.0. The third kappa shape index (κ3) is 2.92. The number of carbonyl (C=O) groups excluding carboxylic acids is 2. The Bertz CT molecular complexity index is 784. The van der Waals surface area contributed by atoms with Crippen molar-refractivity contribution >= 4 is 27.8 Å². The van der Waals surface area contributed by atoms with Crippen molar-refractivity contribution in [1.29, 1.82) is 5.26 Å². The van der Waals surface area contributed by atoms with E-state index in [4.69, 9.17) is 5.26 Å². The number of anilines is 1. The van der Waals surface area contributed by atoms with Crippen LogP contribution in [0.4, 0.5) is 9.57 Å². The molecule has 1 amide bonds. The number of hydrogen-bond donors (Lipinski definition) is 0. The fraction of sp³-hybridized carbons (Fsp3) is 0.308. The summed E-state index contributed by atoms with van der Waals surface area (Å²) in [6.07, 6.45) is -0.484. The molecule has 1 fully saturated rings. The van der Waals surface area contributed by atoms with E-state index in [0.29, 0.717) is 0 Å². The predicted octanol–water partition coefficient (Wildman–Crippen LogP) is 0.749. The first kappa shape index (κ1) is 15.9. The Balaban J connectivity index is 2.40. The number of nitrogens with zero attached hydrogens (tertiary/aromatic N) is 2. The monoisotopic (exact) mass is 326 g/mol. The van der Waals surface area contributed by atoms with E-state index in [-0.39, 0.29) is 23.4 Å². The predicted molar refractivity (Wildman–Crippen MR) is 73.3 cm³/mol. The van der Waals surface area contributed by atoms with Crippen molar-refractivity contribution in [3.8, 4) is 6.07 Å². The zero-order valence-corrected chi connectivity index (χ0v) is 12.3. The molecule has 116 valence electrons. The van der Waals surface area contributed by atoms with E-state index < -0.39 is 33.8 Å². The average molecular weight is 326 g/mol. The molecule has 0 radical (unpaired) electrons. The van der Waals surface area contributed by atoms with Gasteiger partial charge in [-0.05, 0) is 18.2 Å². The van der Waals surface area contributed by atoms with Gasteiger partial charge in [-0.25, -0.2) is 4.79 Å². The van der Waals surface area contributed by atoms with Crippen molar-refractivity contribution in [2.24, 2.45) is 0 Å². The lowest BCUT2D eigenvalue weighted by Gasteiger charge is -2.18. The van der Waals surface area contributed by atoms with Crippen molar-refractivity contribution in [2.45, 2.75) is 11.7 Å². The van der Waals surface area contributed by atoms with Crippen molar-refractivity contribution in [3.05, 3.63) is 29.3 Å². The zero-order valence-electron chi connectivity index (χ0n) is 11.4. The number of rotatable bonds is 3. The van der Waals surface area contributed by atoms with Gasteiger partial charge in [0.15, 0.2) is 0 Å². The minimum Gasteiger partial charge on any atom is -0.465 e. The van der Waals surface area contributed by atoms with E-state index in [2.05, 4.69) is 4.74 Å². The fourth-order valence-corrected chi connectivity index (χ4v) is 2.87. The summed E-state index contributed by atoms with van der Waals surface area (Å²) in [5.74, 6) is -1.26. The number of nitriles is 1. The Morgan fingerprint density at radius 3 is 2.68 bits per heavy atom. The van der Waals surface area contributed by atoms with Crippen molar-refractivity contribution in [3.63, 3.8) is 0 Å². The Morgan fingerprint density at radius 2 is 2.18 bits per heavy atom. The van der Waals surface area contributed by atoms with Gasteiger partial charge in [0.1, 0.15) is 11.3 Å². The smallest absolute Gasteiger partial charge is 0.337 e. The molecule has 1 aliphatic heterocycles. The Labute approximate surface area is 126 Å². The molecule has 7 nitrogen and oxygen atoms in total. The molecule has 1 aromatic carbocycles. The molecule has 0 aromatic heterocycles. The highest BCUT2D eigenvalue weighted by atomic mass is 32.3. The highest BCUT2D eigenvalue weighted by molar-refractivity contribution is 7.87. The van der Waals surface area contributed by atoms with Crippen LogP contribution >= 0.6 is 0 Å². The molecule has 9 heteroatoms. The minimum absolute atomic E-state index is 0.00634. The molecule has 1 aromatic rings. The molecule has 22 heavy (non-hydrogen) atoms. The van der Waals surface area contributed by atoms with Crippen LogP contribution in [0.15, 0.2) is 18.2 Å². The number of halogens is 1. The summed E-state index contributed by atoms with van der Waals surface area (Å²) < 4.78 is 39.4. The van der Waals surface area contributed by atoms with Crippen LogP contribution in [0.2, 0.25) is 0 Å². The summed E-state index contributed by atoms with van der Waals surface area (Å²) in [6.45, 7) is -0.371. The summed E-state index contributed by atoms with van der Waals surface area (Å²) in [5, 5.41) is 7.69. The van der Waals surface area contributed by atoms with Gasteiger partial charge >= 0.3 is 16.2 Å². The van der Waals surface area contributed by atoms with Gasteiger partial charge in [-0.15, -0.1) is 3.89 Å². The van der Waals surface area contributed by atoms with Gasteiger partial charge in [-0.3, -0.25) is 4.79 Å². The van der Waals surface area contributed by atoms with Gasteiger partial charge < -0.3 is 9.64 Å². The second kappa shape index (κ2) is 5.73. The molecule has 2 rings (SSSR count). The van der Waals surface area contributed by atoms with Gasteiger partial charge in [0.25, 0.3) is 0 Å². The van der Waals surface area contributed by atoms with Crippen molar-refractivity contribution in [2.75, 3.05) is 18.6 Å². The first-order chi connectivity index (χ1) is 10.3. The third-order valence-corrected chi connectivity index (χ3v) is 4.43. The van der Waals surface area contributed by atoms with Crippen molar-refractivity contribution < 1.29 is 26.6 Å². The summed E-state index contributed by atoms with van der Waals surface area (Å²) in [6, 6.07) is 5.72. The number of amides is 1. The second-order valence-electron chi connectivity index (χ2n) is 4.64. The molecule has 0 aliphatic carbocycles. The first-order valence-electron chi connectivity index (χ1n) is 6.14. The maximum Gasteiger partial charge on any atom is 0.337 e. The molecule has 1 saturated heterocycles. The van der Waals surface area contributed by atoms with Crippen LogP contribution in [0.3, 0.4) is 0 Å². The summed E-state index contributed by atoms with van der Waals surface area (Å²) in [7, 11) is -3.66. The van der Waals surface area contributed by atoms with Gasteiger partial charge in [0.2, 0.25) is 5.91 Å². The topological polar surface area (TPSA) is 105 Å². The van der Waals surface area contributed by atoms with Crippen LogP contribution in [-0.4, -0.2) is 39.2 Å². The number of hydrogen-bond acceptors (Lipinski definition) is 6. The van der Waals surface area contributed by atoms with Crippen LogP contribution in [0, 0.1) is 11.3 Å². The van der Waals surface area contributed by atoms with E-state index in [1.54, 1.807) is 0 Å². The molecule has 0 N–H and O–H groups in total. The lowest BCUT2D eigenvalue weighted by Crippen LogP contribution is -2.27. The van der Waals surface area contributed by atoms with Crippen LogP contribution in [-0.2, 0) is 19.8 Å². The quantitative estimate of drug-likeness (QED) is 0.599. The molecular formula is C13H11FN2O5S. The fourth-order valence-electron chi connectivity index (χ4n) is 2.20. The Hall–Kier alpha value is -2.47. The molecule has 1 unspecified atom stereocenters. The van der Waals surface area contributed by atoms with Gasteiger partial charge in [-0.2, -0.15) is 13.7 Å². The Kier molecular flexibility index (Phi) is 4.14. The molecule has 0 saturated carbocycles. The molecule has 1 heterocycles. The zero-order chi connectivity index (χ0) is 16.5.